The molecule has 0 bridgehead atoms. The van der Waals surface area contributed by atoms with E-state index in [-0.39, 0.29) is 5.60 Å². The van der Waals surface area contributed by atoms with Crippen molar-refractivity contribution in [3.05, 3.63) is 24.0 Å². The highest BCUT2D eigenvalue weighted by atomic mass is 16.6. The van der Waals surface area contributed by atoms with Gasteiger partial charge in [-0.05, 0) is 37.3 Å². The van der Waals surface area contributed by atoms with Gasteiger partial charge in [-0.3, -0.25) is 0 Å². The molecule has 82 valence electrons. The van der Waals surface area contributed by atoms with E-state index < -0.39 is 0 Å². The summed E-state index contributed by atoms with van der Waals surface area (Å²) in [6.45, 7) is 2.29. The molecule has 0 unspecified atom stereocenters. The highest BCUT2D eigenvalue weighted by Gasteiger charge is 2.60. The van der Waals surface area contributed by atoms with Gasteiger partial charge < -0.3 is 9.30 Å². The van der Waals surface area contributed by atoms with E-state index in [0.29, 0.717) is 6.10 Å². The standard InChI is InChI=1S/C13H19NO/c1-3-10-6-7-13(12(9-10)15-13)11-5-4-8-14(11)2/h4-5,8,10,12H,3,6-7,9H2,1-2H3/t10-,12+,13+/m1/s1. The first-order valence-corrected chi connectivity index (χ1v) is 6.06. The molecule has 3 rings (SSSR count). The van der Waals surface area contributed by atoms with Gasteiger partial charge >= 0.3 is 0 Å². The molecule has 1 saturated carbocycles. The number of aryl methyl sites for hydroxylation is 1. The van der Waals surface area contributed by atoms with Crippen LogP contribution in [-0.2, 0) is 17.4 Å². The van der Waals surface area contributed by atoms with Crippen molar-refractivity contribution in [2.45, 2.75) is 44.3 Å². The van der Waals surface area contributed by atoms with Crippen LogP contribution in [0.15, 0.2) is 18.3 Å². The number of ether oxygens (including phenoxy) is 1. The van der Waals surface area contributed by atoms with E-state index in [4.69, 9.17) is 4.74 Å². The highest BCUT2D eigenvalue weighted by Crippen LogP contribution is 2.56. The van der Waals surface area contributed by atoms with Gasteiger partial charge in [-0.2, -0.15) is 0 Å². The molecule has 0 aromatic carbocycles. The molecule has 1 aliphatic heterocycles. The van der Waals surface area contributed by atoms with Gasteiger partial charge in [0, 0.05) is 13.2 Å². The minimum Gasteiger partial charge on any atom is -0.359 e. The van der Waals surface area contributed by atoms with Crippen LogP contribution in [0.1, 0.15) is 38.3 Å². The minimum atomic E-state index is 0.101. The second-order valence-corrected chi connectivity index (χ2v) is 5.05. The summed E-state index contributed by atoms with van der Waals surface area (Å²) in [7, 11) is 2.12. The minimum absolute atomic E-state index is 0.101. The number of nitrogens with zero attached hydrogens (tertiary/aromatic N) is 1. The maximum Gasteiger partial charge on any atom is 0.134 e. The van der Waals surface area contributed by atoms with Gasteiger partial charge in [-0.1, -0.05) is 13.3 Å². The Kier molecular flexibility index (Phi) is 1.96. The monoisotopic (exact) mass is 205 g/mol. The average Bonchev–Trinajstić information content (AvgIpc) is 2.83. The maximum absolute atomic E-state index is 6.00. The van der Waals surface area contributed by atoms with Crippen molar-refractivity contribution < 1.29 is 4.74 Å². The van der Waals surface area contributed by atoms with Crippen LogP contribution in [0.25, 0.3) is 0 Å². The fourth-order valence-corrected chi connectivity index (χ4v) is 3.14. The quantitative estimate of drug-likeness (QED) is 0.679. The number of hydrogen-bond acceptors (Lipinski definition) is 1. The summed E-state index contributed by atoms with van der Waals surface area (Å²) in [5, 5.41) is 0. The largest absolute Gasteiger partial charge is 0.359 e. The zero-order valence-electron chi connectivity index (χ0n) is 9.57. The second kappa shape index (κ2) is 3.11. The summed E-state index contributed by atoms with van der Waals surface area (Å²) in [4.78, 5) is 0. The van der Waals surface area contributed by atoms with E-state index in [1.807, 2.05) is 0 Å². The van der Waals surface area contributed by atoms with Gasteiger partial charge in [-0.25, -0.2) is 0 Å². The first-order valence-electron chi connectivity index (χ1n) is 6.06. The molecule has 15 heavy (non-hydrogen) atoms. The van der Waals surface area contributed by atoms with Crippen molar-refractivity contribution in [1.29, 1.82) is 0 Å². The Morgan fingerprint density at radius 2 is 2.47 bits per heavy atom. The molecule has 3 atom stereocenters. The number of epoxide rings is 1. The highest BCUT2D eigenvalue weighted by molar-refractivity contribution is 5.25. The van der Waals surface area contributed by atoms with Crippen LogP contribution in [0.5, 0.6) is 0 Å². The van der Waals surface area contributed by atoms with E-state index in [0.717, 1.165) is 5.92 Å². The van der Waals surface area contributed by atoms with Gasteiger partial charge in [0.2, 0.25) is 0 Å². The van der Waals surface area contributed by atoms with Crippen LogP contribution in [0.4, 0.5) is 0 Å². The zero-order valence-corrected chi connectivity index (χ0v) is 9.57. The SMILES string of the molecule is CC[C@@H]1CC[C@@]2(c3cccn3C)O[C@H]2C1. The lowest BCUT2D eigenvalue weighted by atomic mass is 9.79. The molecule has 1 aromatic rings. The van der Waals surface area contributed by atoms with Crippen LogP contribution in [0.3, 0.4) is 0 Å². The maximum atomic E-state index is 6.00. The summed E-state index contributed by atoms with van der Waals surface area (Å²) >= 11 is 0. The summed E-state index contributed by atoms with van der Waals surface area (Å²) in [5.41, 5.74) is 1.48. The van der Waals surface area contributed by atoms with E-state index in [1.165, 1.54) is 31.4 Å². The van der Waals surface area contributed by atoms with Crippen LogP contribution >= 0.6 is 0 Å². The van der Waals surface area contributed by atoms with Gasteiger partial charge in [0.25, 0.3) is 0 Å². The van der Waals surface area contributed by atoms with Crippen molar-refractivity contribution in [3.8, 4) is 0 Å². The van der Waals surface area contributed by atoms with Gasteiger partial charge in [0.05, 0.1) is 11.8 Å². The number of fused-ring (bicyclic) bond motifs is 1. The molecule has 2 heterocycles. The molecule has 0 spiro atoms. The lowest BCUT2D eigenvalue weighted by molar-refractivity contribution is 0.273. The Morgan fingerprint density at radius 3 is 3.07 bits per heavy atom. The molecule has 1 saturated heterocycles. The van der Waals surface area contributed by atoms with Gasteiger partial charge in [-0.15, -0.1) is 0 Å². The Morgan fingerprint density at radius 1 is 1.60 bits per heavy atom. The third-order valence-corrected chi connectivity index (χ3v) is 4.24. The van der Waals surface area contributed by atoms with Crippen LogP contribution in [0, 0.1) is 5.92 Å². The van der Waals surface area contributed by atoms with Crippen molar-refractivity contribution in [1.82, 2.24) is 4.57 Å². The molecule has 2 heteroatoms. The first-order chi connectivity index (χ1) is 7.26. The Bertz CT molecular complexity index is 370. The summed E-state index contributed by atoms with van der Waals surface area (Å²) < 4.78 is 8.22. The van der Waals surface area contributed by atoms with E-state index in [1.54, 1.807) is 0 Å². The predicted molar refractivity (Wildman–Crippen MR) is 59.6 cm³/mol. The smallest absolute Gasteiger partial charge is 0.134 e. The molecule has 0 N–H and O–H groups in total. The van der Waals surface area contributed by atoms with Crippen molar-refractivity contribution >= 4 is 0 Å². The normalized spacial score (nSPS) is 38.8. The molecule has 1 aromatic heterocycles. The molecule has 1 aliphatic carbocycles. The topological polar surface area (TPSA) is 17.5 Å². The third-order valence-electron chi connectivity index (χ3n) is 4.24. The van der Waals surface area contributed by atoms with E-state index >= 15 is 0 Å². The molecular formula is C13H19NO. The third kappa shape index (κ3) is 1.27. The van der Waals surface area contributed by atoms with Crippen molar-refractivity contribution in [2.75, 3.05) is 0 Å². The van der Waals surface area contributed by atoms with Crippen molar-refractivity contribution in [3.63, 3.8) is 0 Å². The summed E-state index contributed by atoms with van der Waals surface area (Å²) in [6, 6.07) is 4.33. The Balaban J connectivity index is 1.83. The number of hydrogen-bond donors (Lipinski definition) is 0. The average molecular weight is 205 g/mol. The van der Waals surface area contributed by atoms with E-state index in [2.05, 4.69) is 36.9 Å². The van der Waals surface area contributed by atoms with Crippen molar-refractivity contribution in [2.24, 2.45) is 13.0 Å². The summed E-state index contributed by atoms with van der Waals surface area (Å²) in [5.74, 6) is 0.894. The molecule has 2 aliphatic rings. The Labute approximate surface area is 91.2 Å². The number of aromatic nitrogens is 1. The molecule has 2 fully saturated rings. The lowest BCUT2D eigenvalue weighted by Crippen LogP contribution is -2.24. The first kappa shape index (κ1) is 9.46. The molecule has 0 radical (unpaired) electrons. The summed E-state index contributed by atoms with van der Waals surface area (Å²) in [6.07, 6.45) is 7.75. The molecular weight excluding hydrogens is 186 g/mol. The van der Waals surface area contributed by atoms with Crippen LogP contribution in [0.2, 0.25) is 0 Å². The van der Waals surface area contributed by atoms with Crippen LogP contribution in [-0.4, -0.2) is 10.7 Å². The van der Waals surface area contributed by atoms with E-state index in [9.17, 15) is 0 Å². The fraction of sp³-hybridized carbons (Fsp3) is 0.692. The second-order valence-electron chi connectivity index (χ2n) is 5.05. The fourth-order valence-electron chi connectivity index (χ4n) is 3.14. The zero-order chi connectivity index (χ0) is 10.5. The molecule has 2 nitrogen and oxygen atoms in total. The Hall–Kier alpha value is -0.760. The predicted octanol–water partition coefficient (Wildman–Crippen LogP) is 2.83. The van der Waals surface area contributed by atoms with Gasteiger partial charge in [0.1, 0.15) is 5.60 Å². The van der Waals surface area contributed by atoms with Gasteiger partial charge in [0.15, 0.2) is 0 Å². The van der Waals surface area contributed by atoms with Crippen LogP contribution < -0.4 is 0 Å². The lowest BCUT2D eigenvalue weighted by Gasteiger charge is -2.24. The number of rotatable bonds is 2. The molecule has 0 amide bonds.